The van der Waals surface area contributed by atoms with Gasteiger partial charge >= 0.3 is 0 Å². The molecular weight excluding hydrogens is 256 g/mol. The van der Waals surface area contributed by atoms with E-state index in [2.05, 4.69) is 30.4 Å². The van der Waals surface area contributed by atoms with E-state index in [9.17, 15) is 10.5 Å². The molecule has 1 aliphatic carbocycles. The topological polar surface area (TPSA) is 47.6 Å². The van der Waals surface area contributed by atoms with Gasteiger partial charge in [0.05, 0.1) is 12.1 Å². The first-order valence-electron chi connectivity index (χ1n) is 7.50. The highest BCUT2D eigenvalue weighted by molar-refractivity contribution is 5.32. The number of hydrogen-bond donors (Lipinski definition) is 0. The van der Waals surface area contributed by atoms with Gasteiger partial charge in [0.25, 0.3) is 0 Å². The molecule has 0 fully saturated rings. The zero-order chi connectivity index (χ0) is 15.0. The second-order valence-corrected chi connectivity index (χ2v) is 5.47. The SMILES string of the molecule is N#CC1(C#N)C/C=C/CCC/C=C/CC1c1ccccc1. The van der Waals surface area contributed by atoms with Crippen molar-refractivity contribution in [3.63, 3.8) is 0 Å². The Hall–Kier alpha value is -2.32. The fourth-order valence-corrected chi connectivity index (χ4v) is 2.81. The molecule has 2 nitrogen and oxygen atoms in total. The van der Waals surface area contributed by atoms with Crippen molar-refractivity contribution in [1.82, 2.24) is 0 Å². The van der Waals surface area contributed by atoms with Crippen molar-refractivity contribution in [3.8, 4) is 12.1 Å². The Balaban J connectivity index is 2.43. The van der Waals surface area contributed by atoms with Crippen LogP contribution < -0.4 is 0 Å². The minimum atomic E-state index is -0.994. The van der Waals surface area contributed by atoms with Gasteiger partial charge in [0.1, 0.15) is 0 Å². The summed E-state index contributed by atoms with van der Waals surface area (Å²) in [4.78, 5) is 0. The Morgan fingerprint density at radius 2 is 1.57 bits per heavy atom. The number of benzene rings is 1. The van der Waals surface area contributed by atoms with Crippen molar-refractivity contribution in [1.29, 1.82) is 10.5 Å². The van der Waals surface area contributed by atoms with E-state index in [0.717, 1.165) is 31.2 Å². The summed E-state index contributed by atoms with van der Waals surface area (Å²) in [6.07, 6.45) is 12.8. The van der Waals surface area contributed by atoms with Crippen molar-refractivity contribution >= 4 is 0 Å². The standard InChI is InChI=1S/C19H20N2/c20-15-19(16-21)14-10-5-3-1-2-4-9-13-18(19)17-11-7-6-8-12-17/h4-12,18H,1-3,13-14H2/b9-4+,10-5+. The molecule has 0 aliphatic heterocycles. The van der Waals surface area contributed by atoms with Crippen LogP contribution >= 0.6 is 0 Å². The van der Waals surface area contributed by atoms with E-state index in [0.29, 0.717) is 6.42 Å². The van der Waals surface area contributed by atoms with Crippen molar-refractivity contribution in [2.75, 3.05) is 0 Å². The van der Waals surface area contributed by atoms with E-state index >= 15 is 0 Å². The average molecular weight is 276 g/mol. The predicted octanol–water partition coefficient (Wildman–Crippen LogP) is 4.88. The van der Waals surface area contributed by atoms with E-state index in [1.165, 1.54) is 0 Å². The molecule has 0 N–H and O–H groups in total. The van der Waals surface area contributed by atoms with Gasteiger partial charge in [0.2, 0.25) is 0 Å². The quantitative estimate of drug-likeness (QED) is 0.686. The van der Waals surface area contributed by atoms with E-state index in [1.54, 1.807) is 0 Å². The van der Waals surface area contributed by atoms with Gasteiger partial charge in [-0.25, -0.2) is 0 Å². The minimum absolute atomic E-state index is 0.0901. The summed E-state index contributed by atoms with van der Waals surface area (Å²) in [6, 6.07) is 14.6. The molecule has 0 amide bonds. The van der Waals surface area contributed by atoms with Crippen LogP contribution in [0.2, 0.25) is 0 Å². The lowest BCUT2D eigenvalue weighted by molar-refractivity contribution is 0.415. The van der Waals surface area contributed by atoms with Crippen molar-refractivity contribution in [2.45, 2.75) is 38.0 Å². The van der Waals surface area contributed by atoms with Crippen LogP contribution in [0.4, 0.5) is 0 Å². The van der Waals surface area contributed by atoms with E-state index in [1.807, 2.05) is 36.4 Å². The number of allylic oxidation sites excluding steroid dienone is 4. The van der Waals surface area contributed by atoms with E-state index in [4.69, 9.17) is 0 Å². The maximum Gasteiger partial charge on any atom is 0.154 e. The monoisotopic (exact) mass is 276 g/mol. The van der Waals surface area contributed by atoms with Gasteiger partial charge < -0.3 is 0 Å². The lowest BCUT2D eigenvalue weighted by Gasteiger charge is -2.28. The molecule has 1 atom stereocenters. The van der Waals surface area contributed by atoms with Crippen molar-refractivity contribution in [3.05, 3.63) is 60.2 Å². The molecule has 0 bridgehead atoms. The van der Waals surface area contributed by atoms with Gasteiger partial charge in [-0.3, -0.25) is 0 Å². The van der Waals surface area contributed by atoms with Gasteiger partial charge in [-0.1, -0.05) is 54.6 Å². The molecule has 0 saturated carbocycles. The summed E-state index contributed by atoms with van der Waals surface area (Å²) in [7, 11) is 0. The molecule has 2 rings (SSSR count). The Morgan fingerprint density at radius 1 is 0.905 bits per heavy atom. The summed E-state index contributed by atoms with van der Waals surface area (Å²) in [5, 5.41) is 19.4. The second-order valence-electron chi connectivity index (χ2n) is 5.47. The van der Waals surface area contributed by atoms with Gasteiger partial charge in [-0.2, -0.15) is 10.5 Å². The highest BCUT2D eigenvalue weighted by atomic mass is 14.5. The maximum absolute atomic E-state index is 9.69. The Bertz CT molecular complexity index is 570. The Kier molecular flexibility index (Phi) is 5.35. The lowest BCUT2D eigenvalue weighted by Crippen LogP contribution is -2.25. The molecule has 1 unspecified atom stereocenters. The van der Waals surface area contributed by atoms with E-state index < -0.39 is 5.41 Å². The van der Waals surface area contributed by atoms with Crippen LogP contribution in [0.5, 0.6) is 0 Å². The molecule has 21 heavy (non-hydrogen) atoms. The molecule has 0 radical (unpaired) electrons. The zero-order valence-electron chi connectivity index (χ0n) is 12.2. The average Bonchev–Trinajstić information content (AvgIpc) is 2.59. The maximum atomic E-state index is 9.69. The molecule has 0 aromatic heterocycles. The number of nitrogens with zero attached hydrogens (tertiary/aromatic N) is 2. The summed E-state index contributed by atoms with van der Waals surface area (Å²) >= 11 is 0. The molecule has 0 spiro atoms. The van der Waals surface area contributed by atoms with Crippen LogP contribution in [0, 0.1) is 28.1 Å². The largest absolute Gasteiger partial charge is 0.197 e. The minimum Gasteiger partial charge on any atom is -0.197 e. The third-order valence-corrected chi connectivity index (χ3v) is 4.08. The first-order chi connectivity index (χ1) is 10.3. The van der Waals surface area contributed by atoms with Crippen LogP contribution in [0.3, 0.4) is 0 Å². The Morgan fingerprint density at radius 3 is 2.24 bits per heavy atom. The second kappa shape index (κ2) is 7.46. The summed E-state index contributed by atoms with van der Waals surface area (Å²) in [5.74, 6) is -0.0901. The van der Waals surface area contributed by atoms with Crippen LogP contribution in [-0.2, 0) is 0 Å². The molecule has 2 heteroatoms. The van der Waals surface area contributed by atoms with Crippen LogP contribution in [-0.4, -0.2) is 0 Å². The van der Waals surface area contributed by atoms with Crippen molar-refractivity contribution < 1.29 is 0 Å². The predicted molar refractivity (Wildman–Crippen MR) is 84.2 cm³/mol. The summed E-state index contributed by atoms with van der Waals surface area (Å²) in [6.45, 7) is 0. The zero-order valence-corrected chi connectivity index (χ0v) is 12.2. The molecule has 1 aromatic rings. The van der Waals surface area contributed by atoms with Gasteiger partial charge in [-0.15, -0.1) is 0 Å². The van der Waals surface area contributed by atoms with Gasteiger partial charge in [-0.05, 0) is 37.7 Å². The third kappa shape index (κ3) is 3.61. The highest BCUT2D eigenvalue weighted by Crippen LogP contribution is 2.41. The third-order valence-electron chi connectivity index (χ3n) is 4.08. The number of rotatable bonds is 1. The first kappa shape index (κ1) is 15.1. The molecular formula is C19H20N2. The Labute approximate surface area is 127 Å². The molecule has 1 aromatic carbocycles. The summed E-state index contributed by atoms with van der Waals surface area (Å²) < 4.78 is 0. The fraction of sp³-hybridized carbons (Fsp3) is 0.368. The number of nitriles is 2. The van der Waals surface area contributed by atoms with E-state index in [-0.39, 0.29) is 5.92 Å². The molecule has 0 saturated heterocycles. The molecule has 1 aliphatic rings. The number of hydrogen-bond acceptors (Lipinski definition) is 2. The fourth-order valence-electron chi connectivity index (χ4n) is 2.81. The highest BCUT2D eigenvalue weighted by Gasteiger charge is 2.39. The normalized spacial score (nSPS) is 24.8. The van der Waals surface area contributed by atoms with Crippen LogP contribution in [0.25, 0.3) is 0 Å². The lowest BCUT2D eigenvalue weighted by atomic mass is 9.70. The van der Waals surface area contributed by atoms with Gasteiger partial charge in [0, 0.05) is 5.92 Å². The van der Waals surface area contributed by atoms with Gasteiger partial charge in [0.15, 0.2) is 5.41 Å². The first-order valence-corrected chi connectivity index (χ1v) is 7.50. The smallest absolute Gasteiger partial charge is 0.154 e. The molecule has 0 heterocycles. The van der Waals surface area contributed by atoms with Crippen LogP contribution in [0.15, 0.2) is 54.6 Å². The summed E-state index contributed by atoms with van der Waals surface area (Å²) in [5.41, 5.74) is 0.0740. The molecule has 106 valence electrons. The van der Waals surface area contributed by atoms with Crippen molar-refractivity contribution in [2.24, 2.45) is 5.41 Å². The van der Waals surface area contributed by atoms with Crippen LogP contribution in [0.1, 0.15) is 43.6 Å².